The lowest BCUT2D eigenvalue weighted by atomic mass is 10.3. The summed E-state index contributed by atoms with van der Waals surface area (Å²) in [4.78, 5) is 11.5. The van der Waals surface area contributed by atoms with E-state index in [4.69, 9.17) is 38.4 Å². The number of nitrogen functional groups attached to an aromatic ring is 1. The number of nitrogens with one attached hydrogen (secondary N) is 1. The third-order valence-electron chi connectivity index (χ3n) is 2.22. The molecule has 7 heteroatoms. The molecule has 0 heterocycles. The van der Waals surface area contributed by atoms with Crippen molar-refractivity contribution in [1.29, 1.82) is 0 Å². The van der Waals surface area contributed by atoms with E-state index >= 15 is 0 Å². The summed E-state index contributed by atoms with van der Waals surface area (Å²) in [5, 5.41) is 3.23. The SMILES string of the molecule is COCCCNC(=O)COc1c(Cl)cc(N)cc1Cl. The Morgan fingerprint density at radius 1 is 1.37 bits per heavy atom. The van der Waals surface area contributed by atoms with Crippen molar-refractivity contribution in [2.24, 2.45) is 0 Å². The molecule has 0 unspecified atom stereocenters. The summed E-state index contributed by atoms with van der Waals surface area (Å²) < 4.78 is 10.1. The zero-order valence-corrected chi connectivity index (χ0v) is 12.1. The van der Waals surface area contributed by atoms with Crippen LogP contribution in [0.2, 0.25) is 10.0 Å². The van der Waals surface area contributed by atoms with Crippen molar-refractivity contribution in [3.8, 4) is 5.75 Å². The number of benzene rings is 1. The zero-order valence-electron chi connectivity index (χ0n) is 10.5. The second-order valence-corrected chi connectivity index (χ2v) is 4.61. The van der Waals surface area contributed by atoms with Crippen LogP contribution in [-0.2, 0) is 9.53 Å². The lowest BCUT2D eigenvalue weighted by Gasteiger charge is -2.10. The minimum atomic E-state index is -0.250. The summed E-state index contributed by atoms with van der Waals surface area (Å²) >= 11 is 11.9. The molecule has 0 aliphatic carbocycles. The number of carbonyl (C=O) groups excluding carboxylic acids is 1. The van der Waals surface area contributed by atoms with Gasteiger partial charge in [0.05, 0.1) is 10.0 Å². The molecule has 3 N–H and O–H groups in total. The van der Waals surface area contributed by atoms with E-state index in [1.807, 2.05) is 0 Å². The topological polar surface area (TPSA) is 73.6 Å². The molecule has 0 aliphatic heterocycles. The number of halogens is 2. The first kappa shape index (κ1) is 15.9. The maximum atomic E-state index is 11.5. The highest BCUT2D eigenvalue weighted by molar-refractivity contribution is 6.37. The molecule has 1 rings (SSSR count). The molecule has 0 atom stereocenters. The van der Waals surface area contributed by atoms with Gasteiger partial charge in [0.15, 0.2) is 12.4 Å². The van der Waals surface area contributed by atoms with Gasteiger partial charge in [0.1, 0.15) is 0 Å². The Balaban J connectivity index is 2.42. The molecule has 0 aliphatic rings. The quantitative estimate of drug-likeness (QED) is 0.598. The van der Waals surface area contributed by atoms with E-state index in [-0.39, 0.29) is 28.3 Å². The van der Waals surface area contributed by atoms with Gasteiger partial charge >= 0.3 is 0 Å². The molecule has 0 radical (unpaired) electrons. The highest BCUT2D eigenvalue weighted by Crippen LogP contribution is 2.34. The van der Waals surface area contributed by atoms with Crippen molar-refractivity contribution >= 4 is 34.8 Å². The monoisotopic (exact) mass is 306 g/mol. The number of amides is 1. The van der Waals surface area contributed by atoms with Crippen LogP contribution in [0.1, 0.15) is 6.42 Å². The van der Waals surface area contributed by atoms with Crippen LogP contribution < -0.4 is 15.8 Å². The summed E-state index contributed by atoms with van der Waals surface area (Å²) in [6.07, 6.45) is 0.742. The van der Waals surface area contributed by atoms with Gasteiger partial charge in [-0.3, -0.25) is 4.79 Å². The Kier molecular flexibility index (Phi) is 6.77. The van der Waals surface area contributed by atoms with Gasteiger partial charge in [0, 0.05) is 25.9 Å². The molecule has 0 bridgehead atoms. The highest BCUT2D eigenvalue weighted by Gasteiger charge is 2.10. The second kappa shape index (κ2) is 8.09. The van der Waals surface area contributed by atoms with E-state index in [2.05, 4.69) is 5.32 Å². The van der Waals surface area contributed by atoms with Gasteiger partial charge in [0.25, 0.3) is 5.91 Å². The number of hydrogen-bond donors (Lipinski definition) is 2. The third kappa shape index (κ3) is 5.55. The number of rotatable bonds is 7. The van der Waals surface area contributed by atoms with Crippen LogP contribution in [0.5, 0.6) is 5.75 Å². The smallest absolute Gasteiger partial charge is 0.257 e. The lowest BCUT2D eigenvalue weighted by Crippen LogP contribution is -2.30. The van der Waals surface area contributed by atoms with Crippen LogP contribution in [-0.4, -0.2) is 32.8 Å². The molecule has 0 spiro atoms. The van der Waals surface area contributed by atoms with E-state index in [1.54, 1.807) is 7.11 Å². The van der Waals surface area contributed by atoms with Crippen LogP contribution in [0, 0.1) is 0 Å². The standard InChI is InChI=1S/C12H16Cl2N2O3/c1-18-4-2-3-16-11(17)7-19-12-9(13)5-8(15)6-10(12)14/h5-6H,2-4,7,15H2,1H3,(H,16,17). The Labute approximate surface area is 122 Å². The Morgan fingerprint density at radius 2 is 2.00 bits per heavy atom. The predicted molar refractivity (Wildman–Crippen MR) is 75.9 cm³/mol. The van der Waals surface area contributed by atoms with Crippen LogP contribution in [0.15, 0.2) is 12.1 Å². The first-order valence-corrected chi connectivity index (χ1v) is 6.43. The van der Waals surface area contributed by atoms with Crippen molar-refractivity contribution < 1.29 is 14.3 Å². The minimum absolute atomic E-state index is 0.156. The second-order valence-electron chi connectivity index (χ2n) is 3.80. The van der Waals surface area contributed by atoms with E-state index in [1.165, 1.54) is 12.1 Å². The predicted octanol–water partition coefficient (Wildman–Crippen LogP) is 2.11. The summed E-state index contributed by atoms with van der Waals surface area (Å²) in [6, 6.07) is 3.03. The van der Waals surface area contributed by atoms with Gasteiger partial charge < -0.3 is 20.5 Å². The Morgan fingerprint density at radius 3 is 2.58 bits per heavy atom. The van der Waals surface area contributed by atoms with Crippen molar-refractivity contribution in [2.75, 3.05) is 32.6 Å². The Bertz CT molecular complexity index is 418. The lowest BCUT2D eigenvalue weighted by molar-refractivity contribution is -0.123. The molecular formula is C12H16Cl2N2O3. The number of anilines is 1. The molecule has 1 aromatic rings. The molecular weight excluding hydrogens is 291 g/mol. The fourth-order valence-corrected chi connectivity index (χ4v) is 1.96. The summed E-state index contributed by atoms with van der Waals surface area (Å²) in [6.45, 7) is 0.965. The summed E-state index contributed by atoms with van der Waals surface area (Å²) in [5.74, 6) is 0.00429. The minimum Gasteiger partial charge on any atom is -0.481 e. The van der Waals surface area contributed by atoms with Crippen LogP contribution in [0.4, 0.5) is 5.69 Å². The Hall–Kier alpha value is -1.17. The maximum Gasteiger partial charge on any atom is 0.257 e. The van der Waals surface area contributed by atoms with Gasteiger partial charge in [0.2, 0.25) is 0 Å². The first-order chi connectivity index (χ1) is 9.04. The largest absolute Gasteiger partial charge is 0.481 e. The molecule has 0 fully saturated rings. The van der Waals surface area contributed by atoms with E-state index in [0.29, 0.717) is 18.8 Å². The highest BCUT2D eigenvalue weighted by atomic mass is 35.5. The fourth-order valence-electron chi connectivity index (χ4n) is 1.35. The molecule has 0 aromatic heterocycles. The van der Waals surface area contributed by atoms with E-state index < -0.39 is 0 Å². The summed E-state index contributed by atoms with van der Waals surface area (Å²) in [5.41, 5.74) is 6.00. The molecule has 1 aromatic carbocycles. The number of ether oxygens (including phenoxy) is 2. The van der Waals surface area contributed by atoms with Gasteiger partial charge in [-0.2, -0.15) is 0 Å². The first-order valence-electron chi connectivity index (χ1n) is 5.67. The fraction of sp³-hybridized carbons (Fsp3) is 0.417. The number of methoxy groups -OCH3 is 1. The van der Waals surface area contributed by atoms with Crippen molar-refractivity contribution in [3.63, 3.8) is 0 Å². The van der Waals surface area contributed by atoms with Gasteiger partial charge in [-0.25, -0.2) is 0 Å². The van der Waals surface area contributed by atoms with Crippen molar-refractivity contribution in [2.45, 2.75) is 6.42 Å². The normalized spacial score (nSPS) is 10.3. The molecule has 0 saturated carbocycles. The third-order valence-corrected chi connectivity index (χ3v) is 2.78. The number of carbonyl (C=O) groups is 1. The van der Waals surface area contributed by atoms with Crippen LogP contribution in [0.3, 0.4) is 0 Å². The zero-order chi connectivity index (χ0) is 14.3. The van der Waals surface area contributed by atoms with Crippen molar-refractivity contribution in [1.82, 2.24) is 5.32 Å². The summed E-state index contributed by atoms with van der Waals surface area (Å²) in [7, 11) is 1.61. The number of hydrogen-bond acceptors (Lipinski definition) is 4. The van der Waals surface area contributed by atoms with Gasteiger partial charge in [-0.05, 0) is 18.6 Å². The molecule has 5 nitrogen and oxygen atoms in total. The average molecular weight is 307 g/mol. The van der Waals surface area contributed by atoms with Crippen LogP contribution >= 0.6 is 23.2 Å². The maximum absolute atomic E-state index is 11.5. The van der Waals surface area contributed by atoms with E-state index in [0.717, 1.165) is 6.42 Å². The van der Waals surface area contributed by atoms with Crippen LogP contribution in [0.25, 0.3) is 0 Å². The molecule has 19 heavy (non-hydrogen) atoms. The van der Waals surface area contributed by atoms with Gasteiger partial charge in [-0.15, -0.1) is 0 Å². The molecule has 0 saturated heterocycles. The van der Waals surface area contributed by atoms with E-state index in [9.17, 15) is 4.79 Å². The van der Waals surface area contributed by atoms with Gasteiger partial charge in [-0.1, -0.05) is 23.2 Å². The van der Waals surface area contributed by atoms with Crippen molar-refractivity contribution in [3.05, 3.63) is 22.2 Å². The average Bonchev–Trinajstić information content (AvgIpc) is 2.33. The number of nitrogens with two attached hydrogens (primary N) is 1. The molecule has 106 valence electrons. The molecule has 1 amide bonds.